The summed E-state index contributed by atoms with van der Waals surface area (Å²) in [5.74, 6) is 1.69. The fourth-order valence-corrected chi connectivity index (χ4v) is 2.81. The van der Waals surface area contributed by atoms with Crippen molar-refractivity contribution in [2.75, 3.05) is 13.6 Å². The van der Waals surface area contributed by atoms with Crippen molar-refractivity contribution in [3.63, 3.8) is 0 Å². The van der Waals surface area contributed by atoms with Crippen LogP contribution in [0, 0.1) is 5.92 Å². The fraction of sp³-hybridized carbons (Fsp3) is 0.429. The SMILES string of the molecule is CN(CC1CCn2ccnc2C1)C(=O)c1ccc(Cl)o1. The standard InChI is InChI=1S/C14H16ClN3O2/c1-17(14(19)11-2-3-12(15)20-11)9-10-4-6-18-7-5-16-13(18)8-10/h2-3,5,7,10H,4,6,8-9H2,1H3. The molecule has 3 heterocycles. The molecule has 0 fully saturated rings. The predicted molar refractivity (Wildman–Crippen MR) is 74.7 cm³/mol. The molecule has 6 heteroatoms. The van der Waals surface area contributed by atoms with Crippen LogP contribution in [-0.2, 0) is 13.0 Å². The Kier molecular flexibility index (Phi) is 3.53. The maximum absolute atomic E-state index is 12.2. The molecule has 0 saturated carbocycles. The van der Waals surface area contributed by atoms with Crippen molar-refractivity contribution in [2.45, 2.75) is 19.4 Å². The van der Waals surface area contributed by atoms with Crippen molar-refractivity contribution in [2.24, 2.45) is 5.92 Å². The van der Waals surface area contributed by atoms with E-state index in [9.17, 15) is 4.79 Å². The molecule has 2 aromatic rings. The lowest BCUT2D eigenvalue weighted by Crippen LogP contribution is -2.34. The maximum atomic E-state index is 12.2. The largest absolute Gasteiger partial charge is 0.440 e. The molecule has 3 rings (SSSR count). The Balaban J connectivity index is 1.62. The number of rotatable bonds is 3. The average Bonchev–Trinajstić information content (AvgIpc) is 3.05. The Labute approximate surface area is 122 Å². The van der Waals surface area contributed by atoms with Gasteiger partial charge in [0.25, 0.3) is 5.91 Å². The summed E-state index contributed by atoms with van der Waals surface area (Å²) in [5, 5.41) is 0.237. The molecule has 20 heavy (non-hydrogen) atoms. The molecule has 2 aromatic heterocycles. The summed E-state index contributed by atoms with van der Waals surface area (Å²) in [5.41, 5.74) is 0. The van der Waals surface area contributed by atoms with Gasteiger partial charge in [0.2, 0.25) is 0 Å². The Morgan fingerprint density at radius 3 is 3.20 bits per heavy atom. The van der Waals surface area contributed by atoms with E-state index in [0.717, 1.165) is 25.2 Å². The Hall–Kier alpha value is -1.75. The molecule has 5 nitrogen and oxygen atoms in total. The van der Waals surface area contributed by atoms with Crippen LogP contribution in [0.3, 0.4) is 0 Å². The van der Waals surface area contributed by atoms with Crippen LogP contribution < -0.4 is 0 Å². The number of imidazole rings is 1. The Morgan fingerprint density at radius 2 is 2.45 bits per heavy atom. The number of carbonyl (C=O) groups excluding carboxylic acids is 1. The van der Waals surface area contributed by atoms with Crippen LogP contribution in [0.5, 0.6) is 0 Å². The first-order valence-electron chi connectivity index (χ1n) is 6.64. The van der Waals surface area contributed by atoms with Crippen molar-refractivity contribution in [1.29, 1.82) is 0 Å². The van der Waals surface area contributed by atoms with Crippen molar-refractivity contribution in [1.82, 2.24) is 14.5 Å². The van der Waals surface area contributed by atoms with E-state index >= 15 is 0 Å². The minimum absolute atomic E-state index is 0.134. The van der Waals surface area contributed by atoms with Gasteiger partial charge in [0.05, 0.1) is 0 Å². The Bertz CT molecular complexity index is 619. The number of fused-ring (bicyclic) bond motifs is 1. The zero-order valence-corrected chi connectivity index (χ0v) is 12.0. The summed E-state index contributed by atoms with van der Waals surface area (Å²) in [6.45, 7) is 1.67. The van der Waals surface area contributed by atoms with Gasteiger partial charge in [0, 0.05) is 39.0 Å². The van der Waals surface area contributed by atoms with Crippen LogP contribution >= 0.6 is 11.6 Å². The third kappa shape index (κ3) is 2.58. The average molecular weight is 294 g/mol. The molecule has 0 radical (unpaired) electrons. The molecule has 106 valence electrons. The number of furan rings is 1. The summed E-state index contributed by atoms with van der Waals surface area (Å²) in [6.07, 6.45) is 5.80. The summed E-state index contributed by atoms with van der Waals surface area (Å²) in [4.78, 5) is 18.2. The van der Waals surface area contributed by atoms with Crippen LogP contribution in [0.1, 0.15) is 22.8 Å². The van der Waals surface area contributed by atoms with Gasteiger partial charge in [-0.3, -0.25) is 4.79 Å². The molecule has 0 bridgehead atoms. The molecule has 1 amide bonds. The van der Waals surface area contributed by atoms with E-state index in [-0.39, 0.29) is 16.9 Å². The van der Waals surface area contributed by atoms with Crippen molar-refractivity contribution < 1.29 is 9.21 Å². The van der Waals surface area contributed by atoms with E-state index in [1.54, 1.807) is 24.1 Å². The number of amides is 1. The molecule has 0 saturated heterocycles. The van der Waals surface area contributed by atoms with Crippen LogP contribution in [0.25, 0.3) is 0 Å². The number of nitrogens with zero attached hydrogens (tertiary/aromatic N) is 3. The number of halogens is 1. The number of aromatic nitrogens is 2. The fourth-order valence-electron chi connectivity index (χ4n) is 2.66. The zero-order valence-electron chi connectivity index (χ0n) is 11.3. The van der Waals surface area contributed by atoms with Gasteiger partial charge < -0.3 is 13.9 Å². The first-order chi connectivity index (χ1) is 9.63. The smallest absolute Gasteiger partial charge is 0.289 e. The van der Waals surface area contributed by atoms with E-state index in [0.29, 0.717) is 12.5 Å². The lowest BCUT2D eigenvalue weighted by Gasteiger charge is -2.27. The highest BCUT2D eigenvalue weighted by Gasteiger charge is 2.23. The number of hydrogen-bond acceptors (Lipinski definition) is 3. The summed E-state index contributed by atoms with van der Waals surface area (Å²) < 4.78 is 7.33. The zero-order chi connectivity index (χ0) is 14.1. The number of hydrogen-bond donors (Lipinski definition) is 0. The molecule has 0 aromatic carbocycles. The van der Waals surface area contributed by atoms with Crippen LogP contribution in [0.4, 0.5) is 0 Å². The van der Waals surface area contributed by atoms with Gasteiger partial charge in [-0.15, -0.1) is 0 Å². The van der Waals surface area contributed by atoms with Crippen molar-refractivity contribution in [3.8, 4) is 0 Å². The van der Waals surface area contributed by atoms with Crippen LogP contribution in [0.2, 0.25) is 5.22 Å². The number of aryl methyl sites for hydroxylation is 1. The highest BCUT2D eigenvalue weighted by atomic mass is 35.5. The third-order valence-electron chi connectivity index (χ3n) is 3.71. The topological polar surface area (TPSA) is 51.3 Å². The molecule has 1 aliphatic heterocycles. The highest BCUT2D eigenvalue weighted by molar-refractivity contribution is 6.29. The molecule has 0 spiro atoms. The van der Waals surface area contributed by atoms with Crippen LogP contribution in [-0.4, -0.2) is 34.0 Å². The summed E-state index contributed by atoms with van der Waals surface area (Å²) >= 11 is 5.70. The normalized spacial score (nSPS) is 17.8. The third-order valence-corrected chi connectivity index (χ3v) is 3.92. The van der Waals surface area contributed by atoms with Gasteiger partial charge in [-0.25, -0.2) is 4.98 Å². The van der Waals surface area contributed by atoms with E-state index in [2.05, 4.69) is 9.55 Å². The lowest BCUT2D eigenvalue weighted by atomic mass is 9.97. The molecular weight excluding hydrogens is 278 g/mol. The Morgan fingerprint density at radius 1 is 1.60 bits per heavy atom. The molecule has 0 N–H and O–H groups in total. The van der Waals surface area contributed by atoms with E-state index in [1.165, 1.54) is 0 Å². The van der Waals surface area contributed by atoms with Gasteiger partial charge in [-0.1, -0.05) is 0 Å². The highest BCUT2D eigenvalue weighted by Crippen LogP contribution is 2.21. The molecule has 1 unspecified atom stereocenters. The maximum Gasteiger partial charge on any atom is 0.289 e. The molecular formula is C14H16ClN3O2. The van der Waals surface area contributed by atoms with Crippen molar-refractivity contribution >= 4 is 17.5 Å². The molecule has 1 aliphatic rings. The molecule has 1 atom stereocenters. The first kappa shape index (κ1) is 13.2. The van der Waals surface area contributed by atoms with Gasteiger partial charge in [-0.05, 0) is 36.1 Å². The predicted octanol–water partition coefficient (Wildman–Crippen LogP) is 2.46. The minimum Gasteiger partial charge on any atom is -0.440 e. The molecule has 0 aliphatic carbocycles. The van der Waals surface area contributed by atoms with Gasteiger partial charge in [0.1, 0.15) is 5.82 Å². The second-order valence-electron chi connectivity index (χ2n) is 5.19. The first-order valence-corrected chi connectivity index (χ1v) is 7.02. The van der Waals surface area contributed by atoms with Gasteiger partial charge >= 0.3 is 0 Å². The summed E-state index contributed by atoms with van der Waals surface area (Å²) in [6, 6.07) is 3.19. The van der Waals surface area contributed by atoms with Gasteiger partial charge in [-0.2, -0.15) is 0 Å². The lowest BCUT2D eigenvalue weighted by molar-refractivity contribution is 0.0732. The van der Waals surface area contributed by atoms with Gasteiger partial charge in [0.15, 0.2) is 11.0 Å². The quantitative estimate of drug-likeness (QED) is 0.873. The minimum atomic E-state index is -0.134. The second-order valence-corrected chi connectivity index (χ2v) is 5.56. The number of carbonyl (C=O) groups is 1. The van der Waals surface area contributed by atoms with E-state index < -0.39 is 0 Å². The van der Waals surface area contributed by atoms with E-state index in [1.807, 2.05) is 12.4 Å². The van der Waals surface area contributed by atoms with E-state index in [4.69, 9.17) is 16.0 Å². The monoisotopic (exact) mass is 293 g/mol. The van der Waals surface area contributed by atoms with Crippen molar-refractivity contribution in [3.05, 3.63) is 41.3 Å². The van der Waals surface area contributed by atoms with Crippen LogP contribution in [0.15, 0.2) is 28.9 Å². The second kappa shape index (κ2) is 5.32. The summed E-state index contributed by atoms with van der Waals surface area (Å²) in [7, 11) is 1.79.